The maximum absolute atomic E-state index is 4.68. The maximum atomic E-state index is 4.68. The van der Waals surface area contributed by atoms with Gasteiger partial charge in [-0.3, -0.25) is 4.90 Å². The number of aromatic nitrogens is 3. The van der Waals surface area contributed by atoms with Crippen LogP contribution in [-0.2, 0) is 0 Å². The highest BCUT2D eigenvalue weighted by atomic mass is 15.4. The van der Waals surface area contributed by atoms with E-state index in [-0.39, 0.29) is 11.1 Å². The summed E-state index contributed by atoms with van der Waals surface area (Å²) < 4.78 is 0. The second-order valence-corrected chi connectivity index (χ2v) is 8.58. The van der Waals surface area contributed by atoms with Crippen molar-refractivity contribution in [1.82, 2.24) is 19.9 Å². The topological polar surface area (TPSA) is 69.2 Å². The molecular formula is C19H37N7. The zero-order chi connectivity index (χ0) is 19.5. The minimum Gasteiger partial charge on any atom is -0.357 e. The van der Waals surface area contributed by atoms with Crippen LogP contribution in [0.15, 0.2) is 0 Å². The van der Waals surface area contributed by atoms with Gasteiger partial charge in [-0.05, 0) is 54.0 Å². The fourth-order valence-corrected chi connectivity index (χ4v) is 4.03. The highest BCUT2D eigenvalue weighted by molar-refractivity contribution is 5.44. The number of nitrogens with one attached hydrogen (secondary N) is 2. The standard InChI is InChI=1S/C19H37N7/c1-9-10-11-26(17-23-15(20-6)22-16(21-7)24-17)14-12-18(2,3)25(8)19(4,5)13-14/h14H,9-13H2,1-8H3,(H2,20,21,22,23,24). The Bertz CT molecular complexity index is 559. The van der Waals surface area contributed by atoms with Crippen molar-refractivity contribution >= 4 is 17.8 Å². The van der Waals surface area contributed by atoms with Crippen molar-refractivity contribution in [2.24, 2.45) is 0 Å². The van der Waals surface area contributed by atoms with Gasteiger partial charge in [-0.2, -0.15) is 15.0 Å². The lowest BCUT2D eigenvalue weighted by molar-refractivity contribution is -0.0129. The Morgan fingerprint density at radius 1 is 1.00 bits per heavy atom. The Morgan fingerprint density at radius 3 is 1.92 bits per heavy atom. The molecular weight excluding hydrogens is 326 g/mol. The Balaban J connectivity index is 2.41. The van der Waals surface area contributed by atoms with Gasteiger partial charge >= 0.3 is 0 Å². The molecule has 0 amide bonds. The van der Waals surface area contributed by atoms with Crippen molar-refractivity contribution in [3.8, 4) is 0 Å². The van der Waals surface area contributed by atoms with Crippen LogP contribution >= 0.6 is 0 Å². The number of hydrogen-bond donors (Lipinski definition) is 2. The lowest BCUT2D eigenvalue weighted by Gasteiger charge is -2.55. The van der Waals surface area contributed by atoms with Gasteiger partial charge in [-0.1, -0.05) is 13.3 Å². The fraction of sp³-hybridized carbons (Fsp3) is 0.842. The first-order valence-corrected chi connectivity index (χ1v) is 9.76. The van der Waals surface area contributed by atoms with Crippen molar-refractivity contribution < 1.29 is 0 Å². The third-order valence-corrected chi connectivity index (χ3v) is 5.81. The van der Waals surface area contributed by atoms with E-state index in [1.165, 1.54) is 0 Å². The van der Waals surface area contributed by atoms with Crippen molar-refractivity contribution in [2.75, 3.05) is 43.2 Å². The van der Waals surface area contributed by atoms with Crippen LogP contribution in [0.1, 0.15) is 60.3 Å². The van der Waals surface area contributed by atoms with Gasteiger partial charge in [0.15, 0.2) is 0 Å². The molecule has 148 valence electrons. The van der Waals surface area contributed by atoms with Gasteiger partial charge in [0.1, 0.15) is 0 Å². The molecule has 7 nitrogen and oxygen atoms in total. The number of anilines is 3. The third kappa shape index (κ3) is 4.37. The first-order valence-electron chi connectivity index (χ1n) is 9.76. The van der Waals surface area contributed by atoms with Crippen LogP contribution in [0.5, 0.6) is 0 Å². The molecule has 2 heterocycles. The van der Waals surface area contributed by atoms with Crippen LogP contribution in [0.25, 0.3) is 0 Å². The monoisotopic (exact) mass is 363 g/mol. The molecule has 0 bridgehead atoms. The molecule has 0 aromatic carbocycles. The van der Waals surface area contributed by atoms with Crippen LogP contribution in [0.4, 0.5) is 17.8 Å². The highest BCUT2D eigenvalue weighted by Crippen LogP contribution is 2.39. The predicted molar refractivity (Wildman–Crippen MR) is 110 cm³/mol. The molecule has 0 spiro atoms. The van der Waals surface area contributed by atoms with E-state index in [0.717, 1.165) is 38.2 Å². The van der Waals surface area contributed by atoms with E-state index in [4.69, 9.17) is 0 Å². The van der Waals surface area contributed by atoms with E-state index >= 15 is 0 Å². The molecule has 1 aromatic heterocycles. The molecule has 0 unspecified atom stereocenters. The van der Waals surface area contributed by atoms with E-state index < -0.39 is 0 Å². The number of rotatable bonds is 7. The summed E-state index contributed by atoms with van der Waals surface area (Å²) in [5.41, 5.74) is 0.253. The second kappa shape index (κ2) is 7.94. The minimum absolute atomic E-state index is 0.127. The molecule has 1 aliphatic rings. The third-order valence-electron chi connectivity index (χ3n) is 5.81. The molecule has 0 radical (unpaired) electrons. The molecule has 26 heavy (non-hydrogen) atoms. The van der Waals surface area contributed by atoms with Crippen molar-refractivity contribution in [1.29, 1.82) is 0 Å². The van der Waals surface area contributed by atoms with Gasteiger partial charge in [-0.25, -0.2) is 0 Å². The summed E-state index contributed by atoms with van der Waals surface area (Å²) in [7, 11) is 5.93. The summed E-state index contributed by atoms with van der Waals surface area (Å²) in [4.78, 5) is 18.7. The fourth-order valence-electron chi connectivity index (χ4n) is 4.03. The van der Waals surface area contributed by atoms with E-state index in [9.17, 15) is 0 Å². The molecule has 0 atom stereocenters. The maximum Gasteiger partial charge on any atom is 0.232 e. The number of likely N-dealkylation sites (tertiary alicyclic amines) is 1. The number of piperidine rings is 1. The van der Waals surface area contributed by atoms with Gasteiger partial charge in [-0.15, -0.1) is 0 Å². The van der Waals surface area contributed by atoms with Gasteiger partial charge in [0, 0.05) is 37.8 Å². The zero-order valence-electron chi connectivity index (χ0n) is 17.8. The Labute approximate surface area is 159 Å². The van der Waals surface area contributed by atoms with E-state index in [1.54, 1.807) is 0 Å². The first-order chi connectivity index (χ1) is 12.1. The summed E-state index contributed by atoms with van der Waals surface area (Å²) in [6, 6.07) is 0.402. The normalized spacial score (nSPS) is 20.0. The second-order valence-electron chi connectivity index (χ2n) is 8.58. The quantitative estimate of drug-likeness (QED) is 0.771. The van der Waals surface area contributed by atoms with Gasteiger partial charge in [0.05, 0.1) is 0 Å². The van der Waals surface area contributed by atoms with Crippen molar-refractivity contribution in [3.63, 3.8) is 0 Å². The molecule has 2 rings (SSSR count). The van der Waals surface area contributed by atoms with E-state index in [0.29, 0.717) is 17.9 Å². The summed E-state index contributed by atoms with van der Waals surface area (Å²) in [6.45, 7) is 12.5. The van der Waals surface area contributed by atoms with Crippen LogP contribution in [0.3, 0.4) is 0 Å². The largest absolute Gasteiger partial charge is 0.357 e. The molecule has 1 aliphatic heterocycles. The smallest absolute Gasteiger partial charge is 0.232 e. The Kier molecular flexibility index (Phi) is 6.32. The molecule has 1 saturated heterocycles. The van der Waals surface area contributed by atoms with Crippen molar-refractivity contribution in [2.45, 2.75) is 77.4 Å². The van der Waals surface area contributed by atoms with Gasteiger partial charge < -0.3 is 15.5 Å². The molecule has 0 aliphatic carbocycles. The van der Waals surface area contributed by atoms with Gasteiger partial charge in [0.2, 0.25) is 17.8 Å². The molecule has 7 heteroatoms. The highest BCUT2D eigenvalue weighted by Gasteiger charge is 2.45. The van der Waals surface area contributed by atoms with E-state index in [2.05, 4.69) is 77.1 Å². The van der Waals surface area contributed by atoms with Crippen LogP contribution in [0, 0.1) is 0 Å². The summed E-state index contributed by atoms with van der Waals surface area (Å²) >= 11 is 0. The van der Waals surface area contributed by atoms with E-state index in [1.807, 2.05) is 14.1 Å². The number of nitrogens with zero attached hydrogens (tertiary/aromatic N) is 5. The number of hydrogen-bond acceptors (Lipinski definition) is 7. The first kappa shape index (κ1) is 20.7. The lowest BCUT2D eigenvalue weighted by atomic mass is 9.77. The van der Waals surface area contributed by atoms with Crippen molar-refractivity contribution in [3.05, 3.63) is 0 Å². The summed E-state index contributed by atoms with van der Waals surface area (Å²) in [5, 5.41) is 6.12. The summed E-state index contributed by atoms with van der Waals surface area (Å²) in [5.74, 6) is 1.97. The Morgan fingerprint density at radius 2 is 1.50 bits per heavy atom. The lowest BCUT2D eigenvalue weighted by Crippen LogP contribution is -2.63. The average Bonchev–Trinajstić information content (AvgIpc) is 2.59. The van der Waals surface area contributed by atoms with Crippen LogP contribution < -0.4 is 15.5 Å². The van der Waals surface area contributed by atoms with Crippen LogP contribution in [0.2, 0.25) is 0 Å². The molecule has 1 fully saturated rings. The predicted octanol–water partition coefficient (Wildman–Crippen LogP) is 3.21. The number of unbranched alkanes of at least 4 members (excludes halogenated alkanes) is 1. The van der Waals surface area contributed by atoms with Crippen LogP contribution in [-0.4, -0.2) is 64.7 Å². The zero-order valence-corrected chi connectivity index (χ0v) is 17.8. The Hall–Kier alpha value is -1.63. The SMILES string of the molecule is CCCCN(c1nc(NC)nc(NC)n1)C1CC(C)(C)N(C)C(C)(C)C1. The van der Waals surface area contributed by atoms with Gasteiger partial charge in [0.25, 0.3) is 0 Å². The molecule has 1 aromatic rings. The summed E-state index contributed by atoms with van der Waals surface area (Å²) in [6.07, 6.45) is 4.46. The molecule has 0 saturated carbocycles. The molecule has 2 N–H and O–H groups in total. The minimum atomic E-state index is 0.127. The average molecular weight is 364 g/mol.